The van der Waals surface area contributed by atoms with E-state index < -0.39 is 0 Å². The molecule has 3 aromatic rings. The molecule has 0 aliphatic rings. The minimum atomic E-state index is -0.372. The van der Waals surface area contributed by atoms with E-state index in [-0.39, 0.29) is 23.7 Å². The van der Waals surface area contributed by atoms with Crippen molar-refractivity contribution in [2.75, 3.05) is 5.32 Å². The van der Waals surface area contributed by atoms with E-state index in [4.69, 9.17) is 11.6 Å². The Morgan fingerprint density at radius 1 is 1.19 bits per heavy atom. The van der Waals surface area contributed by atoms with Gasteiger partial charge in [-0.2, -0.15) is 0 Å². The first-order chi connectivity index (χ1) is 12.9. The van der Waals surface area contributed by atoms with Crippen LogP contribution < -0.4 is 10.9 Å². The van der Waals surface area contributed by atoms with Crippen molar-refractivity contribution in [3.63, 3.8) is 0 Å². The van der Waals surface area contributed by atoms with Gasteiger partial charge in [0.1, 0.15) is 5.82 Å². The molecule has 0 atom stereocenters. The van der Waals surface area contributed by atoms with Gasteiger partial charge in [-0.25, -0.2) is 9.07 Å². The highest BCUT2D eigenvalue weighted by Crippen LogP contribution is 2.23. The van der Waals surface area contributed by atoms with Crippen LogP contribution in [0.2, 0.25) is 5.02 Å². The Labute approximate surface area is 160 Å². The number of halogens is 2. The normalized spacial score (nSPS) is 10.8. The van der Waals surface area contributed by atoms with E-state index in [9.17, 15) is 14.0 Å². The van der Waals surface area contributed by atoms with Crippen LogP contribution in [0.25, 0.3) is 5.69 Å². The van der Waals surface area contributed by atoms with Crippen LogP contribution >= 0.6 is 11.6 Å². The molecule has 0 aliphatic heterocycles. The molecule has 1 aromatic heterocycles. The molecule has 1 heterocycles. The summed E-state index contributed by atoms with van der Waals surface area (Å²) in [7, 11) is 0. The third kappa shape index (κ3) is 4.11. The number of amides is 1. The van der Waals surface area contributed by atoms with Gasteiger partial charge in [-0.1, -0.05) is 17.7 Å². The first-order valence-corrected chi connectivity index (χ1v) is 8.86. The number of aromatic nitrogens is 2. The van der Waals surface area contributed by atoms with Gasteiger partial charge in [-0.3, -0.25) is 14.7 Å². The van der Waals surface area contributed by atoms with Gasteiger partial charge < -0.3 is 5.32 Å². The molecule has 3 rings (SSSR count). The maximum Gasteiger partial charge on any atom is 0.274 e. The van der Waals surface area contributed by atoms with Crippen molar-refractivity contribution in [2.45, 2.75) is 26.7 Å². The molecular weight excluding hydrogens is 369 g/mol. The number of carbonyl (C=O) groups is 1. The number of aromatic amines is 1. The summed E-state index contributed by atoms with van der Waals surface area (Å²) in [5.41, 5.74) is 2.94. The number of hydrogen-bond acceptors (Lipinski definition) is 2. The molecule has 2 aromatic carbocycles. The quantitative estimate of drug-likeness (QED) is 0.690. The van der Waals surface area contributed by atoms with E-state index in [1.54, 1.807) is 25.1 Å². The van der Waals surface area contributed by atoms with Crippen LogP contribution in [0.3, 0.4) is 0 Å². The molecule has 2 N–H and O–H groups in total. The van der Waals surface area contributed by atoms with Crippen LogP contribution in [-0.4, -0.2) is 15.7 Å². The molecule has 0 spiro atoms. The van der Waals surface area contributed by atoms with Crippen molar-refractivity contribution in [2.24, 2.45) is 0 Å². The predicted molar refractivity (Wildman–Crippen MR) is 104 cm³/mol. The number of hydrogen-bond donors (Lipinski definition) is 2. The highest BCUT2D eigenvalue weighted by molar-refractivity contribution is 6.31. The number of nitrogens with zero attached hydrogens (tertiary/aromatic N) is 1. The summed E-state index contributed by atoms with van der Waals surface area (Å²) >= 11 is 6.06. The molecule has 0 bridgehead atoms. The van der Waals surface area contributed by atoms with Gasteiger partial charge in [0, 0.05) is 28.4 Å². The SMILES string of the molecule is Cc1[nH]n(-c2ccc(F)cc2)c(=O)c1CCC(=O)Nc1cccc(Cl)c1C. The number of aryl methyl sites for hydroxylation is 1. The minimum absolute atomic E-state index is 0.156. The third-order valence-corrected chi connectivity index (χ3v) is 4.83. The van der Waals surface area contributed by atoms with Crippen molar-refractivity contribution >= 4 is 23.2 Å². The zero-order chi connectivity index (χ0) is 19.6. The number of carbonyl (C=O) groups excluding carboxylic acids is 1. The minimum Gasteiger partial charge on any atom is -0.326 e. The zero-order valence-electron chi connectivity index (χ0n) is 15.0. The second kappa shape index (κ2) is 7.80. The first-order valence-electron chi connectivity index (χ1n) is 8.48. The van der Waals surface area contributed by atoms with E-state index in [1.807, 2.05) is 6.92 Å². The summed E-state index contributed by atoms with van der Waals surface area (Å²) in [4.78, 5) is 24.9. The van der Waals surface area contributed by atoms with Crippen LogP contribution in [0.15, 0.2) is 47.3 Å². The summed E-state index contributed by atoms with van der Waals surface area (Å²) in [5, 5.41) is 6.37. The highest BCUT2D eigenvalue weighted by Gasteiger charge is 2.14. The standard InChI is InChI=1S/C20H19ClFN3O2/c1-12-17(21)4-3-5-18(12)23-19(26)11-10-16-13(2)24-25(20(16)27)15-8-6-14(22)7-9-15/h3-9,24H,10-11H2,1-2H3,(H,23,26). The Balaban J connectivity index is 1.73. The first kappa shape index (κ1) is 18.9. The van der Waals surface area contributed by atoms with E-state index in [0.717, 1.165) is 5.56 Å². The van der Waals surface area contributed by atoms with Gasteiger partial charge in [0.15, 0.2) is 0 Å². The Hall–Kier alpha value is -2.86. The van der Waals surface area contributed by atoms with Crippen LogP contribution in [0, 0.1) is 19.7 Å². The lowest BCUT2D eigenvalue weighted by Crippen LogP contribution is -2.19. The molecule has 0 saturated carbocycles. The second-order valence-corrected chi connectivity index (χ2v) is 6.70. The van der Waals surface area contributed by atoms with Gasteiger partial charge in [-0.05, 0) is 62.2 Å². The zero-order valence-corrected chi connectivity index (χ0v) is 15.7. The molecule has 5 nitrogen and oxygen atoms in total. The average Bonchev–Trinajstić information content (AvgIpc) is 2.92. The van der Waals surface area contributed by atoms with E-state index in [0.29, 0.717) is 34.1 Å². The van der Waals surface area contributed by atoms with Crippen LogP contribution in [0.1, 0.15) is 23.2 Å². The molecule has 27 heavy (non-hydrogen) atoms. The summed E-state index contributed by atoms with van der Waals surface area (Å²) < 4.78 is 14.4. The summed E-state index contributed by atoms with van der Waals surface area (Å²) in [5.74, 6) is -0.572. The molecule has 0 saturated heterocycles. The number of nitrogens with one attached hydrogen (secondary N) is 2. The molecule has 7 heteroatoms. The summed E-state index contributed by atoms with van der Waals surface area (Å²) in [6, 6.07) is 10.9. The molecular formula is C20H19ClFN3O2. The number of rotatable bonds is 5. The molecule has 140 valence electrons. The average molecular weight is 388 g/mol. The fourth-order valence-corrected chi connectivity index (χ4v) is 3.02. The number of anilines is 1. The van der Waals surface area contributed by atoms with Gasteiger partial charge in [-0.15, -0.1) is 0 Å². The Morgan fingerprint density at radius 2 is 1.89 bits per heavy atom. The van der Waals surface area contributed by atoms with Crippen molar-refractivity contribution in [3.05, 3.63) is 80.5 Å². The van der Waals surface area contributed by atoms with E-state index in [2.05, 4.69) is 10.4 Å². The van der Waals surface area contributed by atoms with Gasteiger partial charge in [0.05, 0.1) is 5.69 Å². The van der Waals surface area contributed by atoms with E-state index >= 15 is 0 Å². The monoisotopic (exact) mass is 387 g/mol. The summed E-state index contributed by atoms with van der Waals surface area (Å²) in [6.07, 6.45) is 0.449. The van der Waals surface area contributed by atoms with Crippen molar-refractivity contribution < 1.29 is 9.18 Å². The third-order valence-electron chi connectivity index (χ3n) is 4.42. The number of H-pyrrole nitrogens is 1. The number of benzene rings is 2. The smallest absolute Gasteiger partial charge is 0.274 e. The molecule has 1 amide bonds. The fraction of sp³-hybridized carbons (Fsp3) is 0.200. The predicted octanol–water partition coefficient (Wildman–Crippen LogP) is 4.15. The lowest BCUT2D eigenvalue weighted by molar-refractivity contribution is -0.116. The molecule has 0 radical (unpaired) electrons. The van der Waals surface area contributed by atoms with Crippen LogP contribution in [0.4, 0.5) is 10.1 Å². The van der Waals surface area contributed by atoms with Gasteiger partial charge in [0.2, 0.25) is 5.91 Å². The van der Waals surface area contributed by atoms with Crippen molar-refractivity contribution in [3.8, 4) is 5.69 Å². The van der Waals surface area contributed by atoms with Crippen LogP contribution in [-0.2, 0) is 11.2 Å². The van der Waals surface area contributed by atoms with Crippen LogP contribution in [0.5, 0.6) is 0 Å². The second-order valence-electron chi connectivity index (χ2n) is 6.29. The Morgan fingerprint density at radius 3 is 2.59 bits per heavy atom. The maximum absolute atomic E-state index is 13.1. The van der Waals surface area contributed by atoms with Gasteiger partial charge >= 0.3 is 0 Å². The molecule has 0 unspecified atom stereocenters. The van der Waals surface area contributed by atoms with Crippen molar-refractivity contribution in [1.29, 1.82) is 0 Å². The lowest BCUT2D eigenvalue weighted by Gasteiger charge is -2.09. The van der Waals surface area contributed by atoms with E-state index in [1.165, 1.54) is 28.9 Å². The Bertz CT molecular complexity index is 1040. The fourth-order valence-electron chi connectivity index (χ4n) is 2.84. The highest BCUT2D eigenvalue weighted by atomic mass is 35.5. The largest absolute Gasteiger partial charge is 0.326 e. The maximum atomic E-state index is 13.1. The van der Waals surface area contributed by atoms with Crippen molar-refractivity contribution in [1.82, 2.24) is 9.78 Å². The Kier molecular flexibility index (Phi) is 5.46. The summed E-state index contributed by atoms with van der Waals surface area (Å²) in [6.45, 7) is 3.60. The topological polar surface area (TPSA) is 66.9 Å². The van der Waals surface area contributed by atoms with Gasteiger partial charge in [0.25, 0.3) is 5.56 Å². The molecule has 0 aliphatic carbocycles. The lowest BCUT2D eigenvalue weighted by atomic mass is 10.1. The molecule has 0 fully saturated rings.